The molecule has 19 heavy (non-hydrogen) atoms. The van der Waals surface area contributed by atoms with Crippen LogP contribution >= 0.6 is 0 Å². The molecule has 1 fully saturated rings. The van der Waals surface area contributed by atoms with Crippen molar-refractivity contribution in [2.24, 2.45) is 0 Å². The first-order valence-electron chi connectivity index (χ1n) is 7.59. The smallest absolute Gasteiger partial charge is 0.0586 e. The molecule has 1 aromatic rings. The Kier molecular flexibility index (Phi) is 5.41. The van der Waals surface area contributed by atoms with Gasteiger partial charge in [0.1, 0.15) is 0 Å². The summed E-state index contributed by atoms with van der Waals surface area (Å²) in [6, 6.07) is 11.4. The minimum Gasteiger partial charge on any atom is -0.375 e. The molecule has 3 atom stereocenters. The zero-order valence-corrected chi connectivity index (χ0v) is 12.4. The third kappa shape index (κ3) is 4.63. The lowest BCUT2D eigenvalue weighted by atomic mass is 9.92. The largest absolute Gasteiger partial charge is 0.375 e. The third-order valence-corrected chi connectivity index (χ3v) is 3.91. The van der Waals surface area contributed by atoms with Crippen LogP contribution in [0.15, 0.2) is 30.3 Å². The van der Waals surface area contributed by atoms with Crippen LogP contribution in [0, 0.1) is 0 Å². The van der Waals surface area contributed by atoms with Crippen molar-refractivity contribution in [1.82, 2.24) is 5.32 Å². The zero-order valence-electron chi connectivity index (χ0n) is 12.4. The summed E-state index contributed by atoms with van der Waals surface area (Å²) < 4.78 is 5.99. The summed E-state index contributed by atoms with van der Waals surface area (Å²) in [5.74, 6) is 0.555. The van der Waals surface area contributed by atoms with Crippen molar-refractivity contribution < 1.29 is 4.74 Å². The van der Waals surface area contributed by atoms with E-state index >= 15 is 0 Å². The second-order valence-electron chi connectivity index (χ2n) is 6.05. The molecule has 0 radical (unpaired) electrons. The number of rotatable bonds is 6. The van der Waals surface area contributed by atoms with Crippen molar-refractivity contribution >= 4 is 0 Å². The van der Waals surface area contributed by atoms with Gasteiger partial charge >= 0.3 is 0 Å². The van der Waals surface area contributed by atoms with Gasteiger partial charge in [0.2, 0.25) is 0 Å². The lowest BCUT2D eigenvalue weighted by Gasteiger charge is -2.23. The molecule has 2 heteroatoms. The van der Waals surface area contributed by atoms with Crippen molar-refractivity contribution in [2.45, 2.75) is 64.2 Å². The highest BCUT2D eigenvalue weighted by Gasteiger charge is 2.25. The summed E-state index contributed by atoms with van der Waals surface area (Å²) in [5.41, 5.74) is 1.43. The van der Waals surface area contributed by atoms with E-state index in [1.54, 1.807) is 0 Å². The van der Waals surface area contributed by atoms with Crippen LogP contribution in [-0.2, 0) is 4.74 Å². The molecule has 1 aromatic carbocycles. The number of nitrogens with one attached hydrogen (secondary N) is 1. The molecule has 0 aliphatic carbocycles. The Morgan fingerprint density at radius 1 is 1.21 bits per heavy atom. The molecule has 106 valence electrons. The van der Waals surface area contributed by atoms with Gasteiger partial charge in [0.15, 0.2) is 0 Å². The van der Waals surface area contributed by atoms with E-state index in [1.807, 2.05) is 0 Å². The first kappa shape index (κ1) is 14.5. The highest BCUT2D eigenvalue weighted by atomic mass is 16.5. The second kappa shape index (κ2) is 7.06. The average molecular weight is 261 g/mol. The quantitative estimate of drug-likeness (QED) is 0.842. The number of ether oxygens (including phenoxy) is 1. The summed E-state index contributed by atoms with van der Waals surface area (Å²) in [5, 5.41) is 3.57. The van der Waals surface area contributed by atoms with Crippen LogP contribution in [-0.4, -0.2) is 24.8 Å². The van der Waals surface area contributed by atoms with E-state index in [0.29, 0.717) is 24.2 Å². The van der Waals surface area contributed by atoms with Gasteiger partial charge in [-0.3, -0.25) is 0 Å². The minimum absolute atomic E-state index is 0.439. The molecule has 1 aliphatic heterocycles. The molecular weight excluding hydrogens is 234 g/mol. The topological polar surface area (TPSA) is 21.3 Å². The molecule has 1 saturated heterocycles. The summed E-state index contributed by atoms with van der Waals surface area (Å²) in [7, 11) is 0. The van der Waals surface area contributed by atoms with Crippen molar-refractivity contribution in [3.8, 4) is 0 Å². The monoisotopic (exact) mass is 261 g/mol. The van der Waals surface area contributed by atoms with E-state index < -0.39 is 0 Å². The molecule has 0 aromatic heterocycles. The Hall–Kier alpha value is -0.860. The molecule has 1 heterocycles. The number of benzene rings is 1. The second-order valence-corrected chi connectivity index (χ2v) is 6.05. The lowest BCUT2D eigenvalue weighted by Crippen LogP contribution is -2.29. The number of hydrogen-bond donors (Lipinski definition) is 1. The van der Waals surface area contributed by atoms with E-state index in [1.165, 1.54) is 18.4 Å². The Balaban J connectivity index is 1.97. The zero-order chi connectivity index (χ0) is 13.7. The third-order valence-electron chi connectivity index (χ3n) is 3.91. The Morgan fingerprint density at radius 3 is 2.53 bits per heavy atom. The van der Waals surface area contributed by atoms with Gasteiger partial charge in [-0.25, -0.2) is 0 Å². The van der Waals surface area contributed by atoms with Gasteiger partial charge in [-0.1, -0.05) is 44.2 Å². The standard InChI is InChI=1S/C17H27NO/c1-13(2)18-12-16(15-7-5-4-6-8-15)11-17-10-9-14(3)19-17/h4-8,13-14,16-18H,9-12H2,1-3H3. The SMILES string of the molecule is CC(C)NCC(CC1CCC(C)O1)c1ccccc1. The maximum absolute atomic E-state index is 5.99. The molecule has 2 nitrogen and oxygen atoms in total. The van der Waals surface area contributed by atoms with Crippen LogP contribution in [0.5, 0.6) is 0 Å². The maximum Gasteiger partial charge on any atom is 0.0586 e. The molecule has 1 aliphatic rings. The van der Waals surface area contributed by atoms with Gasteiger partial charge in [-0.2, -0.15) is 0 Å². The molecular formula is C17H27NO. The highest BCUT2D eigenvalue weighted by Crippen LogP contribution is 2.29. The minimum atomic E-state index is 0.439. The maximum atomic E-state index is 5.99. The first-order valence-corrected chi connectivity index (χ1v) is 7.59. The number of hydrogen-bond acceptors (Lipinski definition) is 2. The van der Waals surface area contributed by atoms with Gasteiger partial charge in [-0.15, -0.1) is 0 Å². The van der Waals surface area contributed by atoms with Crippen LogP contribution in [0.4, 0.5) is 0 Å². The van der Waals surface area contributed by atoms with Crippen LogP contribution in [0.3, 0.4) is 0 Å². The van der Waals surface area contributed by atoms with Crippen LogP contribution < -0.4 is 5.32 Å². The van der Waals surface area contributed by atoms with Gasteiger partial charge in [0.05, 0.1) is 12.2 Å². The Morgan fingerprint density at radius 2 is 1.95 bits per heavy atom. The fraction of sp³-hybridized carbons (Fsp3) is 0.647. The predicted molar refractivity (Wildman–Crippen MR) is 80.5 cm³/mol. The van der Waals surface area contributed by atoms with Gasteiger partial charge in [0, 0.05) is 12.6 Å². The van der Waals surface area contributed by atoms with E-state index in [-0.39, 0.29) is 0 Å². The van der Waals surface area contributed by atoms with Crippen molar-refractivity contribution in [1.29, 1.82) is 0 Å². The van der Waals surface area contributed by atoms with Crippen molar-refractivity contribution in [3.63, 3.8) is 0 Å². The normalized spacial score (nSPS) is 24.8. The Labute approximate surface area is 117 Å². The van der Waals surface area contributed by atoms with E-state index in [2.05, 4.69) is 56.4 Å². The van der Waals surface area contributed by atoms with Crippen LogP contribution in [0.1, 0.15) is 51.5 Å². The Bertz CT molecular complexity index is 363. The van der Waals surface area contributed by atoms with E-state index in [0.717, 1.165) is 13.0 Å². The summed E-state index contributed by atoms with van der Waals surface area (Å²) in [4.78, 5) is 0. The summed E-state index contributed by atoms with van der Waals surface area (Å²) in [6.07, 6.45) is 4.44. The van der Waals surface area contributed by atoms with E-state index in [9.17, 15) is 0 Å². The summed E-state index contributed by atoms with van der Waals surface area (Å²) >= 11 is 0. The lowest BCUT2D eigenvalue weighted by molar-refractivity contribution is 0.0465. The van der Waals surface area contributed by atoms with Crippen molar-refractivity contribution in [2.75, 3.05) is 6.54 Å². The van der Waals surface area contributed by atoms with Crippen LogP contribution in [0.25, 0.3) is 0 Å². The average Bonchev–Trinajstić information content (AvgIpc) is 2.81. The molecule has 1 N–H and O–H groups in total. The van der Waals surface area contributed by atoms with Gasteiger partial charge < -0.3 is 10.1 Å². The van der Waals surface area contributed by atoms with Gasteiger partial charge in [-0.05, 0) is 37.7 Å². The molecule has 0 spiro atoms. The van der Waals surface area contributed by atoms with E-state index in [4.69, 9.17) is 4.74 Å². The summed E-state index contributed by atoms with van der Waals surface area (Å²) in [6.45, 7) is 7.63. The fourth-order valence-electron chi connectivity index (χ4n) is 2.82. The molecule has 3 unspecified atom stereocenters. The van der Waals surface area contributed by atoms with Crippen LogP contribution in [0.2, 0.25) is 0 Å². The predicted octanol–water partition coefficient (Wildman–Crippen LogP) is 3.73. The first-order chi connectivity index (χ1) is 9.15. The molecule has 0 bridgehead atoms. The molecule has 0 amide bonds. The van der Waals surface area contributed by atoms with Crippen molar-refractivity contribution in [3.05, 3.63) is 35.9 Å². The molecule has 2 rings (SSSR count). The highest BCUT2D eigenvalue weighted by molar-refractivity contribution is 5.20. The fourth-order valence-corrected chi connectivity index (χ4v) is 2.82. The molecule has 0 saturated carbocycles. The van der Waals surface area contributed by atoms with Gasteiger partial charge in [0.25, 0.3) is 0 Å².